The van der Waals surface area contributed by atoms with Crippen LogP contribution in [-0.2, 0) is 9.53 Å². The van der Waals surface area contributed by atoms with Crippen LogP contribution >= 0.6 is 0 Å². The third-order valence-electron chi connectivity index (χ3n) is 6.00. The minimum absolute atomic E-state index is 0.0638. The van der Waals surface area contributed by atoms with E-state index in [0.29, 0.717) is 19.8 Å². The summed E-state index contributed by atoms with van der Waals surface area (Å²) < 4.78 is 10.7. The maximum atomic E-state index is 13.2. The Morgan fingerprint density at radius 3 is 2.47 bits per heavy atom. The van der Waals surface area contributed by atoms with Gasteiger partial charge in [-0.25, -0.2) is 0 Å². The number of rotatable bonds is 8. The molecule has 0 saturated carbocycles. The first-order valence-electron chi connectivity index (χ1n) is 10.9. The number of hydrogen-bond acceptors (Lipinski definition) is 7. The molecule has 1 N–H and O–H groups in total. The number of ketones is 1. The fraction of sp³-hybridized carbons (Fsp3) is 0.417. The van der Waals surface area contributed by atoms with Gasteiger partial charge in [0.2, 0.25) is 5.78 Å². The molecule has 1 aromatic heterocycles. The predicted molar refractivity (Wildman–Crippen MR) is 120 cm³/mol. The summed E-state index contributed by atoms with van der Waals surface area (Å²) in [7, 11) is 3.90. The van der Waals surface area contributed by atoms with E-state index >= 15 is 0 Å². The van der Waals surface area contributed by atoms with Crippen LogP contribution in [0.4, 0.5) is 5.69 Å². The zero-order valence-corrected chi connectivity index (χ0v) is 18.5. The molecule has 0 radical (unpaired) electrons. The second-order valence-electron chi connectivity index (χ2n) is 8.26. The molecule has 3 heterocycles. The monoisotopic (exact) mass is 439 g/mol. The number of morpholine rings is 1. The van der Waals surface area contributed by atoms with Crippen molar-refractivity contribution in [2.45, 2.75) is 12.5 Å². The molecule has 4 rings (SSSR count). The zero-order valence-electron chi connectivity index (χ0n) is 18.5. The van der Waals surface area contributed by atoms with Gasteiger partial charge in [0.25, 0.3) is 5.91 Å². The van der Waals surface area contributed by atoms with Crippen LogP contribution in [-0.4, -0.2) is 80.1 Å². The first-order chi connectivity index (χ1) is 15.5. The number of benzene rings is 1. The van der Waals surface area contributed by atoms with Crippen molar-refractivity contribution in [2.24, 2.45) is 0 Å². The smallest absolute Gasteiger partial charge is 0.290 e. The van der Waals surface area contributed by atoms with E-state index in [-0.39, 0.29) is 11.3 Å². The van der Waals surface area contributed by atoms with E-state index < -0.39 is 23.5 Å². The number of aliphatic hydroxyl groups excluding tert-OH is 1. The van der Waals surface area contributed by atoms with Crippen LogP contribution in [0, 0.1) is 0 Å². The average molecular weight is 440 g/mol. The number of carbonyl (C=O) groups excluding carboxylic acids is 2. The predicted octanol–water partition coefficient (Wildman–Crippen LogP) is 2.65. The summed E-state index contributed by atoms with van der Waals surface area (Å²) in [4.78, 5) is 32.1. The molecular weight excluding hydrogens is 410 g/mol. The van der Waals surface area contributed by atoms with Gasteiger partial charge in [0, 0.05) is 46.0 Å². The quantitative estimate of drug-likeness (QED) is 0.633. The summed E-state index contributed by atoms with van der Waals surface area (Å²) in [5.41, 5.74) is 1.84. The summed E-state index contributed by atoms with van der Waals surface area (Å²) in [6.07, 6.45) is 2.14. The van der Waals surface area contributed by atoms with E-state index in [1.165, 1.54) is 6.26 Å². The van der Waals surface area contributed by atoms with Gasteiger partial charge in [-0.2, -0.15) is 0 Å². The number of amides is 1. The van der Waals surface area contributed by atoms with E-state index in [1.807, 2.05) is 43.3 Å². The van der Waals surface area contributed by atoms with Gasteiger partial charge >= 0.3 is 0 Å². The molecule has 32 heavy (non-hydrogen) atoms. The van der Waals surface area contributed by atoms with E-state index in [0.717, 1.165) is 37.3 Å². The number of carbonyl (C=O) groups is 2. The number of Topliss-reactive ketones (excluding diaryl/α,β-unsaturated/α-hetero) is 1. The van der Waals surface area contributed by atoms with Gasteiger partial charge in [0.15, 0.2) is 11.5 Å². The van der Waals surface area contributed by atoms with E-state index in [1.54, 1.807) is 17.0 Å². The highest BCUT2D eigenvalue weighted by Crippen LogP contribution is 2.39. The number of furan rings is 1. The first-order valence-corrected chi connectivity index (χ1v) is 10.9. The second kappa shape index (κ2) is 9.58. The maximum absolute atomic E-state index is 13.2. The molecule has 0 aliphatic carbocycles. The Labute approximate surface area is 187 Å². The molecule has 2 aliphatic rings. The van der Waals surface area contributed by atoms with E-state index in [4.69, 9.17) is 9.15 Å². The Morgan fingerprint density at radius 2 is 1.84 bits per heavy atom. The molecule has 1 atom stereocenters. The normalized spacial score (nSPS) is 19.6. The summed E-state index contributed by atoms with van der Waals surface area (Å²) in [5, 5.41) is 10.7. The molecule has 2 aliphatic heterocycles. The molecule has 0 spiro atoms. The highest BCUT2D eigenvalue weighted by atomic mass is 16.5. The molecule has 8 nitrogen and oxygen atoms in total. The lowest BCUT2D eigenvalue weighted by Crippen LogP contribution is -2.39. The van der Waals surface area contributed by atoms with Gasteiger partial charge in [0.1, 0.15) is 0 Å². The summed E-state index contributed by atoms with van der Waals surface area (Å²) >= 11 is 0. The second-order valence-corrected chi connectivity index (χ2v) is 8.26. The molecule has 0 unspecified atom stereocenters. The fourth-order valence-corrected chi connectivity index (χ4v) is 4.25. The van der Waals surface area contributed by atoms with Crippen molar-refractivity contribution < 1.29 is 23.8 Å². The van der Waals surface area contributed by atoms with Crippen LogP contribution in [0.5, 0.6) is 0 Å². The van der Waals surface area contributed by atoms with Gasteiger partial charge in [-0.15, -0.1) is 0 Å². The van der Waals surface area contributed by atoms with Gasteiger partial charge < -0.3 is 24.1 Å². The van der Waals surface area contributed by atoms with Crippen molar-refractivity contribution in [3.05, 3.63) is 65.3 Å². The number of ether oxygens (including phenoxy) is 1. The van der Waals surface area contributed by atoms with Crippen molar-refractivity contribution in [3.63, 3.8) is 0 Å². The highest BCUT2D eigenvalue weighted by Gasteiger charge is 2.44. The van der Waals surface area contributed by atoms with Crippen LogP contribution in [0.1, 0.15) is 28.6 Å². The lowest BCUT2D eigenvalue weighted by molar-refractivity contribution is -0.129. The van der Waals surface area contributed by atoms with Gasteiger partial charge in [-0.05, 0) is 36.2 Å². The Kier molecular flexibility index (Phi) is 6.62. The molecule has 1 aromatic carbocycles. The summed E-state index contributed by atoms with van der Waals surface area (Å²) in [5.74, 6) is -1.40. The van der Waals surface area contributed by atoms with Crippen LogP contribution < -0.4 is 4.90 Å². The fourth-order valence-electron chi connectivity index (χ4n) is 4.25. The van der Waals surface area contributed by atoms with Crippen LogP contribution in [0.15, 0.2) is 58.4 Å². The molecule has 170 valence electrons. The first kappa shape index (κ1) is 22.1. The average Bonchev–Trinajstić information content (AvgIpc) is 3.43. The van der Waals surface area contributed by atoms with Crippen molar-refractivity contribution >= 4 is 17.4 Å². The van der Waals surface area contributed by atoms with Crippen LogP contribution in [0.2, 0.25) is 0 Å². The standard InChI is InChI=1S/C24H29N3O5/c1-25(2)18-8-6-17(7-9-18)21-20(22(28)19-5-3-14-32-19)23(29)24(30)27(21)11-4-10-26-12-15-31-16-13-26/h3,5-9,14,21,29H,4,10-13,15-16H2,1-2H3/t21-/m1/s1. The summed E-state index contributed by atoms with van der Waals surface area (Å²) in [6, 6.07) is 10.2. The number of nitrogens with zero attached hydrogens (tertiary/aromatic N) is 3. The van der Waals surface area contributed by atoms with Crippen molar-refractivity contribution in [2.75, 3.05) is 58.4 Å². The minimum atomic E-state index is -0.666. The van der Waals surface area contributed by atoms with Crippen molar-refractivity contribution in [1.29, 1.82) is 0 Å². The molecule has 1 amide bonds. The van der Waals surface area contributed by atoms with E-state index in [9.17, 15) is 14.7 Å². The van der Waals surface area contributed by atoms with Gasteiger partial charge in [0.05, 0.1) is 31.1 Å². The zero-order chi connectivity index (χ0) is 22.7. The van der Waals surface area contributed by atoms with Crippen molar-refractivity contribution in [1.82, 2.24) is 9.80 Å². The van der Waals surface area contributed by atoms with Crippen LogP contribution in [0.25, 0.3) is 0 Å². The molecule has 2 aromatic rings. The third kappa shape index (κ3) is 4.42. The lowest BCUT2D eigenvalue weighted by atomic mass is 9.94. The van der Waals surface area contributed by atoms with E-state index in [2.05, 4.69) is 4.90 Å². The molecular formula is C24H29N3O5. The largest absolute Gasteiger partial charge is 0.503 e. The molecule has 0 bridgehead atoms. The molecule has 1 saturated heterocycles. The summed E-state index contributed by atoms with van der Waals surface area (Å²) in [6.45, 7) is 4.42. The number of hydrogen-bond donors (Lipinski definition) is 1. The molecule has 8 heteroatoms. The van der Waals surface area contributed by atoms with Gasteiger partial charge in [-0.3, -0.25) is 14.5 Å². The highest BCUT2D eigenvalue weighted by molar-refractivity contribution is 6.15. The Bertz CT molecular complexity index is 976. The number of anilines is 1. The topological polar surface area (TPSA) is 86.5 Å². The Morgan fingerprint density at radius 1 is 1.12 bits per heavy atom. The maximum Gasteiger partial charge on any atom is 0.290 e. The van der Waals surface area contributed by atoms with Gasteiger partial charge in [-0.1, -0.05) is 12.1 Å². The number of aliphatic hydroxyl groups is 1. The SMILES string of the molecule is CN(C)c1ccc([C@@H]2C(C(=O)c3ccco3)=C(O)C(=O)N2CCCN2CCOCC2)cc1. The third-order valence-corrected chi connectivity index (χ3v) is 6.00. The minimum Gasteiger partial charge on any atom is -0.503 e. The lowest BCUT2D eigenvalue weighted by Gasteiger charge is -2.30. The molecule has 1 fully saturated rings. The van der Waals surface area contributed by atoms with Crippen LogP contribution in [0.3, 0.4) is 0 Å². The Hall–Kier alpha value is -3.10. The Balaban J connectivity index is 1.60. The van der Waals surface area contributed by atoms with Crippen molar-refractivity contribution in [3.8, 4) is 0 Å².